The Hall–Kier alpha value is -1.78. The van der Waals surface area contributed by atoms with Crippen LogP contribution in [0, 0.1) is 0 Å². The van der Waals surface area contributed by atoms with E-state index in [0.29, 0.717) is 0 Å². The summed E-state index contributed by atoms with van der Waals surface area (Å²) in [7, 11) is 3.96. The molecule has 0 atom stereocenters. The molecule has 0 aromatic carbocycles. The van der Waals surface area contributed by atoms with Crippen molar-refractivity contribution in [3.63, 3.8) is 0 Å². The van der Waals surface area contributed by atoms with Crippen molar-refractivity contribution in [2.75, 3.05) is 30.9 Å². The highest BCUT2D eigenvalue weighted by Gasteiger charge is 2.10. The number of rotatable bonds is 6. The van der Waals surface area contributed by atoms with Crippen molar-refractivity contribution in [2.45, 2.75) is 26.2 Å². The fourth-order valence-corrected chi connectivity index (χ4v) is 2.00. The quantitative estimate of drug-likeness (QED) is 0.796. The fourth-order valence-electron chi connectivity index (χ4n) is 2.00. The van der Waals surface area contributed by atoms with Crippen LogP contribution in [0.5, 0.6) is 0 Å². The van der Waals surface area contributed by atoms with Gasteiger partial charge in [0, 0.05) is 33.0 Å². The summed E-state index contributed by atoms with van der Waals surface area (Å²) in [5.74, 6) is 1.79. The Bertz CT molecular complexity index is 505. The molecule has 2 heterocycles. The number of imidazole rings is 1. The predicted octanol–water partition coefficient (Wildman–Crippen LogP) is 2.40. The average Bonchev–Trinajstić information content (AvgIpc) is 2.85. The van der Waals surface area contributed by atoms with E-state index in [1.807, 2.05) is 23.8 Å². The molecule has 0 aliphatic heterocycles. The number of hydrogen-bond acceptors (Lipinski definition) is 4. The van der Waals surface area contributed by atoms with Crippen molar-refractivity contribution in [1.29, 1.82) is 0 Å². The van der Waals surface area contributed by atoms with Gasteiger partial charge in [0.15, 0.2) is 11.5 Å². The molecule has 98 valence electrons. The zero-order chi connectivity index (χ0) is 13.0. The highest BCUT2D eigenvalue weighted by molar-refractivity contribution is 5.66. The molecule has 5 nitrogen and oxygen atoms in total. The first-order valence-corrected chi connectivity index (χ1v) is 6.49. The van der Waals surface area contributed by atoms with Gasteiger partial charge in [0.1, 0.15) is 5.82 Å². The number of nitrogens with one attached hydrogen (secondary N) is 1. The molecule has 0 amide bonds. The third-order valence-corrected chi connectivity index (χ3v) is 3.07. The maximum atomic E-state index is 4.60. The summed E-state index contributed by atoms with van der Waals surface area (Å²) < 4.78 is 2.00. The molecule has 2 aromatic heterocycles. The maximum Gasteiger partial charge on any atom is 0.180 e. The fraction of sp³-hybridized carbons (Fsp3) is 0.538. The maximum absolute atomic E-state index is 4.60. The van der Waals surface area contributed by atoms with E-state index in [1.54, 1.807) is 6.20 Å². The highest BCUT2D eigenvalue weighted by Crippen LogP contribution is 2.19. The number of fused-ring (bicyclic) bond motifs is 1. The Morgan fingerprint density at radius 2 is 2.22 bits per heavy atom. The molecule has 18 heavy (non-hydrogen) atoms. The average molecular weight is 247 g/mol. The minimum Gasteiger partial charge on any atom is -0.372 e. The molecule has 0 saturated carbocycles. The molecule has 0 aliphatic rings. The first-order valence-electron chi connectivity index (χ1n) is 6.49. The third-order valence-electron chi connectivity index (χ3n) is 3.07. The summed E-state index contributed by atoms with van der Waals surface area (Å²) in [6.45, 7) is 3.23. The molecule has 1 N–H and O–H groups in total. The summed E-state index contributed by atoms with van der Waals surface area (Å²) >= 11 is 0. The molecular formula is C13H21N5. The van der Waals surface area contributed by atoms with Gasteiger partial charge in [-0.05, 0) is 6.42 Å². The number of hydrogen-bond donors (Lipinski definition) is 1. The third kappa shape index (κ3) is 2.55. The first kappa shape index (κ1) is 12.7. The van der Waals surface area contributed by atoms with Gasteiger partial charge < -0.3 is 14.6 Å². The van der Waals surface area contributed by atoms with Gasteiger partial charge in [-0.15, -0.1) is 0 Å². The van der Waals surface area contributed by atoms with Gasteiger partial charge in [0.05, 0.1) is 6.20 Å². The van der Waals surface area contributed by atoms with Crippen LogP contribution in [0.25, 0.3) is 5.65 Å². The minimum absolute atomic E-state index is 0.859. The zero-order valence-electron chi connectivity index (χ0n) is 11.3. The van der Waals surface area contributed by atoms with Crippen molar-refractivity contribution >= 4 is 17.3 Å². The Labute approximate surface area is 108 Å². The molecule has 0 spiro atoms. The van der Waals surface area contributed by atoms with E-state index in [9.17, 15) is 0 Å². The van der Waals surface area contributed by atoms with E-state index < -0.39 is 0 Å². The van der Waals surface area contributed by atoms with Crippen molar-refractivity contribution in [3.8, 4) is 0 Å². The van der Waals surface area contributed by atoms with E-state index in [1.165, 1.54) is 19.3 Å². The van der Waals surface area contributed by atoms with Crippen LogP contribution in [-0.2, 0) is 0 Å². The summed E-state index contributed by atoms with van der Waals surface area (Å²) in [6, 6.07) is 0. The van der Waals surface area contributed by atoms with E-state index in [0.717, 1.165) is 23.8 Å². The number of aromatic nitrogens is 3. The molecule has 0 saturated heterocycles. The molecule has 2 rings (SSSR count). The second-order valence-corrected chi connectivity index (χ2v) is 4.49. The number of nitrogens with zero attached hydrogens (tertiary/aromatic N) is 4. The summed E-state index contributed by atoms with van der Waals surface area (Å²) in [4.78, 5) is 11.2. The number of unbranched alkanes of at least 4 members (excludes halogenated alkanes) is 2. The smallest absolute Gasteiger partial charge is 0.180 e. The molecule has 0 aliphatic carbocycles. The van der Waals surface area contributed by atoms with Gasteiger partial charge in [-0.1, -0.05) is 19.8 Å². The van der Waals surface area contributed by atoms with Gasteiger partial charge in [-0.2, -0.15) is 0 Å². The lowest BCUT2D eigenvalue weighted by molar-refractivity contribution is 0.701. The van der Waals surface area contributed by atoms with Crippen LogP contribution in [0.1, 0.15) is 26.2 Å². The van der Waals surface area contributed by atoms with Gasteiger partial charge in [0.2, 0.25) is 0 Å². The normalized spacial score (nSPS) is 10.8. The SMILES string of the molecule is CCCCCN(C)c1nc(NC)cn2ccnc12. The molecule has 0 radical (unpaired) electrons. The van der Waals surface area contributed by atoms with E-state index >= 15 is 0 Å². The van der Waals surface area contributed by atoms with Crippen molar-refractivity contribution in [1.82, 2.24) is 14.4 Å². The van der Waals surface area contributed by atoms with Crippen molar-refractivity contribution in [2.24, 2.45) is 0 Å². The summed E-state index contributed by atoms with van der Waals surface area (Å²) in [5, 5.41) is 3.09. The largest absolute Gasteiger partial charge is 0.372 e. The highest BCUT2D eigenvalue weighted by atomic mass is 15.2. The van der Waals surface area contributed by atoms with Crippen LogP contribution >= 0.6 is 0 Å². The van der Waals surface area contributed by atoms with Crippen LogP contribution in [0.3, 0.4) is 0 Å². The topological polar surface area (TPSA) is 45.5 Å². The molecule has 5 heteroatoms. The molecular weight excluding hydrogens is 226 g/mol. The van der Waals surface area contributed by atoms with Crippen LogP contribution in [0.15, 0.2) is 18.6 Å². The Balaban J connectivity index is 2.27. The monoisotopic (exact) mass is 247 g/mol. The number of anilines is 2. The van der Waals surface area contributed by atoms with Crippen molar-refractivity contribution < 1.29 is 0 Å². The van der Waals surface area contributed by atoms with Crippen LogP contribution in [0.4, 0.5) is 11.6 Å². The van der Waals surface area contributed by atoms with Crippen LogP contribution in [-0.4, -0.2) is 35.0 Å². The van der Waals surface area contributed by atoms with E-state index in [-0.39, 0.29) is 0 Å². The lowest BCUT2D eigenvalue weighted by Crippen LogP contribution is -2.21. The Kier molecular flexibility index (Phi) is 4.02. The molecule has 2 aromatic rings. The lowest BCUT2D eigenvalue weighted by atomic mass is 10.2. The Morgan fingerprint density at radius 1 is 1.39 bits per heavy atom. The van der Waals surface area contributed by atoms with Gasteiger partial charge in [-0.25, -0.2) is 9.97 Å². The standard InChI is InChI=1S/C13H21N5/c1-4-5-6-8-17(3)13-12-15-7-9-18(12)10-11(14-2)16-13/h7,9-10,14H,4-6,8H2,1-3H3. The minimum atomic E-state index is 0.859. The summed E-state index contributed by atoms with van der Waals surface area (Å²) in [5.41, 5.74) is 0.910. The van der Waals surface area contributed by atoms with E-state index in [2.05, 4.69) is 34.2 Å². The van der Waals surface area contributed by atoms with E-state index in [4.69, 9.17) is 0 Å². The van der Waals surface area contributed by atoms with Gasteiger partial charge in [-0.3, -0.25) is 0 Å². The first-order chi connectivity index (χ1) is 8.76. The second-order valence-electron chi connectivity index (χ2n) is 4.49. The van der Waals surface area contributed by atoms with Crippen molar-refractivity contribution in [3.05, 3.63) is 18.6 Å². The van der Waals surface area contributed by atoms with Crippen LogP contribution < -0.4 is 10.2 Å². The van der Waals surface area contributed by atoms with Crippen LogP contribution in [0.2, 0.25) is 0 Å². The van der Waals surface area contributed by atoms with Gasteiger partial charge in [0.25, 0.3) is 0 Å². The zero-order valence-corrected chi connectivity index (χ0v) is 11.3. The van der Waals surface area contributed by atoms with Gasteiger partial charge >= 0.3 is 0 Å². The molecule has 0 unspecified atom stereocenters. The molecule has 0 bridgehead atoms. The lowest BCUT2D eigenvalue weighted by Gasteiger charge is -2.19. The summed E-state index contributed by atoms with van der Waals surface area (Å²) in [6.07, 6.45) is 9.37. The second kappa shape index (κ2) is 5.71. The molecule has 0 fully saturated rings. The predicted molar refractivity (Wildman–Crippen MR) is 75.3 cm³/mol. The Morgan fingerprint density at radius 3 is 2.94 bits per heavy atom.